The minimum absolute atomic E-state index is 0.00844. The summed E-state index contributed by atoms with van der Waals surface area (Å²) >= 11 is 0. The lowest BCUT2D eigenvalue weighted by molar-refractivity contribution is -0.146. The molecule has 0 saturated carbocycles. The second kappa shape index (κ2) is 7.41. The summed E-state index contributed by atoms with van der Waals surface area (Å²) in [5.74, 6) is -0.507. The number of hydrogen-bond acceptors (Lipinski definition) is 4. The van der Waals surface area contributed by atoms with Gasteiger partial charge in [-0.3, -0.25) is 9.59 Å². The van der Waals surface area contributed by atoms with Gasteiger partial charge in [0.25, 0.3) is 0 Å². The predicted octanol–water partition coefficient (Wildman–Crippen LogP) is 1.22. The number of methoxy groups -OCH3 is 1. The van der Waals surface area contributed by atoms with Gasteiger partial charge in [-0.2, -0.15) is 0 Å². The van der Waals surface area contributed by atoms with Gasteiger partial charge in [-0.15, -0.1) is 0 Å². The van der Waals surface area contributed by atoms with Crippen LogP contribution in [-0.2, 0) is 20.7 Å². The topological polar surface area (TPSA) is 72.6 Å². The lowest BCUT2D eigenvalue weighted by atomic mass is 10.1. The van der Waals surface area contributed by atoms with Crippen LogP contribution in [0.3, 0.4) is 0 Å². The molecule has 1 aromatic rings. The zero-order valence-electron chi connectivity index (χ0n) is 11.4. The average molecular weight is 264 g/mol. The highest BCUT2D eigenvalue weighted by atomic mass is 16.5. The van der Waals surface area contributed by atoms with Crippen LogP contribution in [0.2, 0.25) is 0 Å². The average Bonchev–Trinajstić information content (AvgIpc) is 2.38. The molecule has 0 spiro atoms. The lowest BCUT2D eigenvalue weighted by Crippen LogP contribution is -2.37. The van der Waals surface area contributed by atoms with Gasteiger partial charge in [0, 0.05) is 12.2 Å². The summed E-state index contributed by atoms with van der Waals surface area (Å²) in [7, 11) is 1.31. The summed E-state index contributed by atoms with van der Waals surface area (Å²) in [4.78, 5) is 24.9. The van der Waals surface area contributed by atoms with E-state index in [-0.39, 0.29) is 18.9 Å². The Morgan fingerprint density at radius 2 is 2.11 bits per heavy atom. The Hall–Kier alpha value is -2.04. The van der Waals surface area contributed by atoms with Gasteiger partial charge in [-0.05, 0) is 24.1 Å². The summed E-state index contributed by atoms with van der Waals surface area (Å²) in [6.45, 7) is 2.49. The summed E-state index contributed by atoms with van der Waals surface area (Å²) in [5, 5.41) is 0. The maximum absolute atomic E-state index is 12.1. The van der Waals surface area contributed by atoms with Gasteiger partial charge in [0.1, 0.15) is 6.54 Å². The number of nitrogens with two attached hydrogens (primary N) is 1. The number of nitrogen functional groups attached to an aromatic ring is 1. The minimum Gasteiger partial charge on any atom is -0.468 e. The third-order valence-electron chi connectivity index (χ3n) is 2.70. The first kappa shape index (κ1) is 15.0. The highest BCUT2D eigenvalue weighted by Crippen LogP contribution is 2.09. The van der Waals surface area contributed by atoms with Gasteiger partial charge in [0.05, 0.1) is 13.5 Å². The molecule has 2 N–H and O–H groups in total. The number of anilines is 1. The number of esters is 1. The maximum atomic E-state index is 12.1. The number of hydrogen-bond donors (Lipinski definition) is 1. The summed E-state index contributed by atoms with van der Waals surface area (Å²) in [6.07, 6.45) is 1.03. The molecular weight excluding hydrogens is 244 g/mol. The minimum atomic E-state index is -0.408. The van der Waals surface area contributed by atoms with Crippen LogP contribution in [0.5, 0.6) is 0 Å². The molecule has 0 bridgehead atoms. The Morgan fingerprint density at radius 3 is 2.68 bits per heavy atom. The Labute approximate surface area is 113 Å². The van der Waals surface area contributed by atoms with Gasteiger partial charge >= 0.3 is 5.97 Å². The molecule has 0 fully saturated rings. The molecule has 0 saturated heterocycles. The molecule has 0 heterocycles. The smallest absolute Gasteiger partial charge is 0.325 e. The SMILES string of the molecule is CCCN(CC(=O)OC)C(=O)Cc1cccc(N)c1. The Balaban J connectivity index is 2.68. The lowest BCUT2D eigenvalue weighted by Gasteiger charge is -2.20. The van der Waals surface area contributed by atoms with Crippen molar-refractivity contribution in [2.45, 2.75) is 19.8 Å². The third-order valence-corrected chi connectivity index (χ3v) is 2.70. The van der Waals surface area contributed by atoms with Crippen LogP contribution in [0, 0.1) is 0 Å². The van der Waals surface area contributed by atoms with Crippen molar-refractivity contribution in [2.24, 2.45) is 0 Å². The van der Waals surface area contributed by atoms with Crippen molar-refractivity contribution in [3.8, 4) is 0 Å². The number of ether oxygens (including phenoxy) is 1. The van der Waals surface area contributed by atoms with Crippen molar-refractivity contribution in [2.75, 3.05) is 25.9 Å². The number of nitrogens with zero attached hydrogens (tertiary/aromatic N) is 1. The highest BCUT2D eigenvalue weighted by molar-refractivity contribution is 5.83. The van der Waals surface area contributed by atoms with Gasteiger partial charge in [-0.1, -0.05) is 19.1 Å². The Morgan fingerprint density at radius 1 is 1.37 bits per heavy atom. The molecule has 1 aromatic carbocycles. The van der Waals surface area contributed by atoms with Crippen LogP contribution in [0.4, 0.5) is 5.69 Å². The molecule has 0 atom stereocenters. The molecule has 0 aliphatic rings. The molecule has 104 valence electrons. The quantitative estimate of drug-likeness (QED) is 0.619. The van der Waals surface area contributed by atoms with E-state index in [1.807, 2.05) is 19.1 Å². The molecule has 0 aromatic heterocycles. The monoisotopic (exact) mass is 264 g/mol. The standard InChI is InChI=1S/C14H20N2O3/c1-3-7-16(10-14(18)19-2)13(17)9-11-5-4-6-12(15)8-11/h4-6,8H,3,7,9-10,15H2,1-2H3. The molecule has 19 heavy (non-hydrogen) atoms. The van der Waals surface area contributed by atoms with Crippen molar-refractivity contribution in [3.63, 3.8) is 0 Å². The van der Waals surface area contributed by atoms with Crippen LogP contribution in [0.25, 0.3) is 0 Å². The van der Waals surface area contributed by atoms with Crippen molar-refractivity contribution >= 4 is 17.6 Å². The normalized spacial score (nSPS) is 10.0. The summed E-state index contributed by atoms with van der Waals surface area (Å²) < 4.78 is 4.59. The molecule has 1 rings (SSSR count). The first-order chi connectivity index (χ1) is 9.06. The van der Waals surface area contributed by atoms with Gasteiger partial charge in [-0.25, -0.2) is 0 Å². The largest absolute Gasteiger partial charge is 0.468 e. The fourth-order valence-corrected chi connectivity index (χ4v) is 1.77. The summed E-state index contributed by atoms with van der Waals surface area (Å²) in [5.41, 5.74) is 7.14. The molecule has 1 amide bonds. The number of carbonyl (C=O) groups excluding carboxylic acids is 2. The summed E-state index contributed by atoms with van der Waals surface area (Å²) in [6, 6.07) is 7.19. The first-order valence-corrected chi connectivity index (χ1v) is 6.25. The van der Waals surface area contributed by atoms with Crippen LogP contribution in [0.15, 0.2) is 24.3 Å². The van der Waals surface area contributed by atoms with Crippen molar-refractivity contribution in [1.82, 2.24) is 4.90 Å². The van der Waals surface area contributed by atoms with Crippen LogP contribution in [-0.4, -0.2) is 37.0 Å². The van der Waals surface area contributed by atoms with E-state index in [0.717, 1.165) is 12.0 Å². The van der Waals surface area contributed by atoms with E-state index in [1.165, 1.54) is 12.0 Å². The number of carbonyl (C=O) groups is 2. The van der Waals surface area contributed by atoms with Gasteiger partial charge in [0.2, 0.25) is 5.91 Å². The van der Waals surface area contributed by atoms with E-state index in [9.17, 15) is 9.59 Å². The highest BCUT2D eigenvalue weighted by Gasteiger charge is 2.17. The van der Waals surface area contributed by atoms with E-state index in [1.54, 1.807) is 12.1 Å². The fraction of sp³-hybridized carbons (Fsp3) is 0.429. The Kier molecular flexibility index (Phi) is 5.85. The maximum Gasteiger partial charge on any atom is 0.325 e. The first-order valence-electron chi connectivity index (χ1n) is 6.25. The van der Waals surface area contributed by atoms with Crippen LogP contribution in [0.1, 0.15) is 18.9 Å². The number of amides is 1. The van der Waals surface area contributed by atoms with E-state index in [4.69, 9.17) is 5.73 Å². The molecule has 5 nitrogen and oxygen atoms in total. The second-order valence-corrected chi connectivity index (χ2v) is 4.31. The Bertz CT molecular complexity index is 446. The zero-order chi connectivity index (χ0) is 14.3. The van der Waals surface area contributed by atoms with Gasteiger partial charge < -0.3 is 15.4 Å². The predicted molar refractivity (Wildman–Crippen MR) is 73.4 cm³/mol. The number of rotatable bonds is 6. The van der Waals surface area contributed by atoms with Crippen molar-refractivity contribution in [3.05, 3.63) is 29.8 Å². The molecular formula is C14H20N2O3. The molecule has 0 radical (unpaired) electrons. The second-order valence-electron chi connectivity index (χ2n) is 4.31. The van der Waals surface area contributed by atoms with E-state index in [2.05, 4.69) is 4.74 Å². The van der Waals surface area contributed by atoms with Crippen LogP contribution >= 0.6 is 0 Å². The fourth-order valence-electron chi connectivity index (χ4n) is 1.77. The third kappa shape index (κ3) is 4.99. The molecule has 0 unspecified atom stereocenters. The molecule has 0 aliphatic heterocycles. The van der Waals surface area contributed by atoms with Crippen LogP contribution < -0.4 is 5.73 Å². The number of benzene rings is 1. The van der Waals surface area contributed by atoms with E-state index in [0.29, 0.717) is 12.2 Å². The molecule has 0 aliphatic carbocycles. The van der Waals surface area contributed by atoms with Crippen molar-refractivity contribution < 1.29 is 14.3 Å². The molecule has 5 heteroatoms. The van der Waals surface area contributed by atoms with E-state index >= 15 is 0 Å². The van der Waals surface area contributed by atoms with E-state index < -0.39 is 5.97 Å². The zero-order valence-corrected chi connectivity index (χ0v) is 11.4. The van der Waals surface area contributed by atoms with Crippen molar-refractivity contribution in [1.29, 1.82) is 0 Å². The van der Waals surface area contributed by atoms with Gasteiger partial charge in [0.15, 0.2) is 0 Å².